The minimum atomic E-state index is -0.373. The molecule has 0 aliphatic rings. The summed E-state index contributed by atoms with van der Waals surface area (Å²) in [5.41, 5.74) is 7.33. The van der Waals surface area contributed by atoms with Crippen molar-refractivity contribution in [1.82, 2.24) is 9.78 Å². The third kappa shape index (κ3) is 2.62. The van der Waals surface area contributed by atoms with Gasteiger partial charge in [0.1, 0.15) is 16.6 Å². The molecule has 2 rings (SSSR count). The molecule has 0 radical (unpaired) electrons. The van der Waals surface area contributed by atoms with Gasteiger partial charge >= 0.3 is 0 Å². The Morgan fingerprint density at radius 1 is 1.53 bits per heavy atom. The van der Waals surface area contributed by atoms with Crippen molar-refractivity contribution in [1.29, 1.82) is 0 Å². The molecule has 0 bridgehead atoms. The second-order valence-corrected chi connectivity index (χ2v) is 5.31. The number of nitrogens with one attached hydrogen (secondary N) is 1. The number of hydrogen-bond donors (Lipinski definition) is 2. The highest BCUT2D eigenvalue weighted by atomic mass is 79.9. The van der Waals surface area contributed by atoms with E-state index in [2.05, 4.69) is 26.3 Å². The van der Waals surface area contributed by atoms with Crippen molar-refractivity contribution < 1.29 is 4.39 Å². The third-order valence-corrected chi connectivity index (χ3v) is 3.54. The van der Waals surface area contributed by atoms with Crippen LogP contribution in [-0.2, 0) is 7.05 Å². The van der Waals surface area contributed by atoms with Crippen LogP contribution < -0.4 is 11.1 Å². The molecule has 0 unspecified atom stereocenters. The van der Waals surface area contributed by atoms with Crippen molar-refractivity contribution in [3.05, 3.63) is 39.7 Å². The Hall–Kier alpha value is -1.47. The smallest absolute Gasteiger partial charge is 0.147 e. The molecule has 1 heterocycles. The molecule has 2 aromatic rings. The van der Waals surface area contributed by atoms with Crippen LogP contribution in [0.2, 0.25) is 0 Å². The summed E-state index contributed by atoms with van der Waals surface area (Å²) in [6.07, 6.45) is 0. The number of benzene rings is 1. The maximum absolute atomic E-state index is 13.8. The van der Waals surface area contributed by atoms with Gasteiger partial charge in [-0.15, -0.1) is 0 Å². The second kappa shape index (κ2) is 5.26. The maximum Gasteiger partial charge on any atom is 0.147 e. The maximum atomic E-state index is 13.8. The van der Waals surface area contributed by atoms with Crippen LogP contribution in [0, 0.1) is 12.7 Å². The van der Waals surface area contributed by atoms with Crippen molar-refractivity contribution in [3.8, 4) is 0 Å². The average Bonchev–Trinajstić information content (AvgIpc) is 2.58. The molecule has 0 spiro atoms. The van der Waals surface area contributed by atoms with E-state index in [-0.39, 0.29) is 10.8 Å². The van der Waals surface area contributed by atoms with E-state index in [9.17, 15) is 4.39 Å². The third-order valence-electron chi connectivity index (χ3n) is 2.67. The Bertz CT molecular complexity index is 633. The standard InChI is InChI=1S/C12H12BrFN4S/c1-6-9(11(15)19)12(18(2)17-6)16-10-7(13)4-3-5-8(10)14/h3-5,16H,1-2H3,(H2,15,19). The second-order valence-electron chi connectivity index (χ2n) is 4.02. The number of nitrogens with two attached hydrogens (primary N) is 1. The first kappa shape index (κ1) is 14.0. The first-order valence-electron chi connectivity index (χ1n) is 5.46. The lowest BCUT2D eigenvalue weighted by Crippen LogP contribution is -2.13. The van der Waals surface area contributed by atoms with E-state index >= 15 is 0 Å². The molecule has 1 aromatic carbocycles. The Morgan fingerprint density at radius 2 is 2.21 bits per heavy atom. The molecule has 0 saturated heterocycles. The normalized spacial score (nSPS) is 10.5. The van der Waals surface area contributed by atoms with Gasteiger partial charge in [-0.05, 0) is 35.0 Å². The molecular formula is C12H12BrFN4S. The van der Waals surface area contributed by atoms with E-state index in [4.69, 9.17) is 18.0 Å². The number of halogens is 2. The largest absolute Gasteiger partial charge is 0.389 e. The first-order valence-corrected chi connectivity index (χ1v) is 6.66. The molecule has 0 fully saturated rings. The summed E-state index contributed by atoms with van der Waals surface area (Å²) in [4.78, 5) is 0.223. The van der Waals surface area contributed by atoms with E-state index in [0.717, 1.165) is 0 Å². The highest BCUT2D eigenvalue weighted by Gasteiger charge is 2.17. The molecule has 4 nitrogen and oxygen atoms in total. The van der Waals surface area contributed by atoms with Gasteiger partial charge in [0.05, 0.1) is 16.9 Å². The van der Waals surface area contributed by atoms with Crippen LogP contribution in [0.4, 0.5) is 15.9 Å². The van der Waals surface area contributed by atoms with Crippen LogP contribution in [0.1, 0.15) is 11.3 Å². The predicted octanol–water partition coefficient (Wildman–Crippen LogP) is 3.01. The highest BCUT2D eigenvalue weighted by molar-refractivity contribution is 9.10. The fraction of sp³-hybridized carbons (Fsp3) is 0.167. The molecule has 19 heavy (non-hydrogen) atoms. The molecular weight excluding hydrogens is 331 g/mol. The minimum absolute atomic E-state index is 0.223. The molecule has 0 amide bonds. The van der Waals surface area contributed by atoms with Crippen molar-refractivity contribution in [2.24, 2.45) is 12.8 Å². The van der Waals surface area contributed by atoms with E-state index in [0.29, 0.717) is 27.2 Å². The van der Waals surface area contributed by atoms with E-state index in [1.54, 1.807) is 30.8 Å². The van der Waals surface area contributed by atoms with Gasteiger partial charge in [0, 0.05) is 11.5 Å². The van der Waals surface area contributed by atoms with Crippen LogP contribution in [0.3, 0.4) is 0 Å². The number of aromatic nitrogens is 2. The van der Waals surface area contributed by atoms with Gasteiger partial charge in [0.15, 0.2) is 0 Å². The van der Waals surface area contributed by atoms with Gasteiger partial charge in [-0.25, -0.2) is 4.39 Å². The quantitative estimate of drug-likeness (QED) is 0.842. The predicted molar refractivity (Wildman–Crippen MR) is 81.2 cm³/mol. The SMILES string of the molecule is Cc1nn(C)c(Nc2c(F)cccc2Br)c1C(N)=S. The van der Waals surface area contributed by atoms with Gasteiger partial charge in [-0.2, -0.15) is 5.10 Å². The number of thiocarbonyl (C=S) groups is 1. The van der Waals surface area contributed by atoms with Crippen molar-refractivity contribution in [3.63, 3.8) is 0 Å². The summed E-state index contributed by atoms with van der Waals surface area (Å²) in [5, 5.41) is 7.23. The van der Waals surface area contributed by atoms with E-state index in [1.807, 2.05) is 0 Å². The van der Waals surface area contributed by atoms with Crippen LogP contribution in [-0.4, -0.2) is 14.8 Å². The summed E-state index contributed by atoms with van der Waals surface area (Å²) in [6, 6.07) is 4.74. The Kier molecular flexibility index (Phi) is 3.86. The van der Waals surface area contributed by atoms with Crippen LogP contribution in [0.25, 0.3) is 0 Å². The Balaban J connectivity index is 2.53. The summed E-state index contributed by atoms with van der Waals surface area (Å²) in [5.74, 6) is 0.193. The van der Waals surface area contributed by atoms with E-state index < -0.39 is 0 Å². The molecule has 1 aromatic heterocycles. The average molecular weight is 343 g/mol. The molecule has 0 aliphatic carbocycles. The summed E-state index contributed by atoms with van der Waals surface area (Å²) in [6.45, 7) is 1.80. The zero-order valence-corrected chi connectivity index (χ0v) is 12.8. The van der Waals surface area contributed by atoms with Gasteiger partial charge in [-0.1, -0.05) is 18.3 Å². The molecule has 0 saturated carbocycles. The van der Waals surface area contributed by atoms with Crippen molar-refractivity contribution in [2.75, 3.05) is 5.32 Å². The number of aryl methyl sites for hydroxylation is 2. The monoisotopic (exact) mass is 342 g/mol. The number of nitrogens with zero attached hydrogens (tertiary/aromatic N) is 2. The lowest BCUT2D eigenvalue weighted by atomic mass is 10.2. The van der Waals surface area contributed by atoms with Crippen molar-refractivity contribution >= 4 is 44.6 Å². The van der Waals surface area contributed by atoms with Gasteiger partial charge in [0.25, 0.3) is 0 Å². The minimum Gasteiger partial charge on any atom is -0.389 e. The molecule has 7 heteroatoms. The molecule has 0 atom stereocenters. The molecule has 100 valence electrons. The fourth-order valence-corrected chi connectivity index (χ4v) is 2.52. The van der Waals surface area contributed by atoms with Gasteiger partial charge in [0.2, 0.25) is 0 Å². The van der Waals surface area contributed by atoms with Crippen LogP contribution >= 0.6 is 28.1 Å². The lowest BCUT2D eigenvalue weighted by molar-refractivity contribution is 0.630. The number of anilines is 2. The van der Waals surface area contributed by atoms with Crippen LogP contribution in [0.15, 0.2) is 22.7 Å². The lowest BCUT2D eigenvalue weighted by Gasteiger charge is -2.11. The summed E-state index contributed by atoms with van der Waals surface area (Å²) >= 11 is 8.31. The summed E-state index contributed by atoms with van der Waals surface area (Å²) < 4.78 is 16.0. The fourth-order valence-electron chi connectivity index (χ4n) is 1.83. The molecule has 3 N–H and O–H groups in total. The Labute approximate surface area is 123 Å². The highest BCUT2D eigenvalue weighted by Crippen LogP contribution is 2.30. The number of para-hydroxylation sites is 1. The van der Waals surface area contributed by atoms with Gasteiger partial charge in [-0.3, -0.25) is 4.68 Å². The topological polar surface area (TPSA) is 55.9 Å². The van der Waals surface area contributed by atoms with E-state index in [1.165, 1.54) is 6.07 Å². The zero-order valence-electron chi connectivity index (χ0n) is 10.4. The van der Waals surface area contributed by atoms with Gasteiger partial charge < -0.3 is 11.1 Å². The number of hydrogen-bond acceptors (Lipinski definition) is 3. The number of rotatable bonds is 3. The zero-order chi connectivity index (χ0) is 14.2. The van der Waals surface area contributed by atoms with Crippen molar-refractivity contribution in [2.45, 2.75) is 6.92 Å². The Morgan fingerprint density at radius 3 is 2.79 bits per heavy atom. The molecule has 0 aliphatic heterocycles. The van der Waals surface area contributed by atoms with Crippen LogP contribution in [0.5, 0.6) is 0 Å². The first-order chi connectivity index (χ1) is 8.91. The summed E-state index contributed by atoms with van der Waals surface area (Å²) in [7, 11) is 1.74.